The smallest absolute Gasteiger partial charge is 0.121 e. The number of rotatable bonds is 7. The number of para-hydroxylation sites is 2. The van der Waals surface area contributed by atoms with Gasteiger partial charge in [0.05, 0.1) is 22.4 Å². The first-order valence-corrected chi connectivity index (χ1v) is 19.2. The van der Waals surface area contributed by atoms with E-state index in [1.165, 1.54) is 22.3 Å². The van der Waals surface area contributed by atoms with Crippen LogP contribution in [0.25, 0.3) is 72.4 Å². The maximum atomic E-state index is 7.90. The van der Waals surface area contributed by atoms with Crippen LogP contribution in [0.5, 0.6) is 0 Å². The van der Waals surface area contributed by atoms with Gasteiger partial charge in [0.25, 0.3) is 0 Å². The van der Waals surface area contributed by atoms with Crippen LogP contribution in [0, 0.1) is 19.0 Å². The molecule has 0 aliphatic heterocycles. The summed E-state index contributed by atoms with van der Waals surface area (Å²) >= 11 is 0. The van der Waals surface area contributed by atoms with Gasteiger partial charge in [0.15, 0.2) is 0 Å². The second-order valence-corrected chi connectivity index (χ2v) is 15.1. The molecule has 287 valence electrons. The van der Waals surface area contributed by atoms with Crippen LogP contribution >= 0.6 is 0 Å². The molecule has 0 fully saturated rings. The van der Waals surface area contributed by atoms with Gasteiger partial charge in [-0.25, -0.2) is 0 Å². The van der Waals surface area contributed by atoms with Gasteiger partial charge >= 0.3 is 0 Å². The second kappa shape index (κ2) is 16.9. The van der Waals surface area contributed by atoms with E-state index in [0.717, 1.165) is 55.7 Å². The molecule has 9 rings (SSSR count). The van der Waals surface area contributed by atoms with E-state index < -0.39 is 12.7 Å². The van der Waals surface area contributed by atoms with Gasteiger partial charge in [-0.15, -0.1) is 54.1 Å². The Labute approximate surface area is 355 Å². The van der Waals surface area contributed by atoms with Crippen LogP contribution in [0.1, 0.15) is 87.0 Å². The molecular weight excluding hydrogens is 875 g/mol. The van der Waals surface area contributed by atoms with E-state index in [9.17, 15) is 0 Å². The van der Waals surface area contributed by atoms with Gasteiger partial charge in [-0.3, -0.25) is 4.98 Å². The van der Waals surface area contributed by atoms with E-state index in [1.54, 1.807) is 18.3 Å². The molecule has 6 aromatic carbocycles. The van der Waals surface area contributed by atoms with Crippen molar-refractivity contribution < 1.29 is 30.0 Å². The minimum Gasteiger partial charge on any atom is -0.501 e. The van der Waals surface area contributed by atoms with Crippen LogP contribution in [-0.2, 0) is 20.1 Å². The Hall–Kier alpha value is -5.61. The van der Waals surface area contributed by atoms with Gasteiger partial charge in [-0.2, -0.15) is 0 Å². The van der Waals surface area contributed by atoms with E-state index >= 15 is 0 Å². The average molecular weight is 926 g/mol. The Bertz CT molecular complexity index is 2920. The normalized spacial score (nSPS) is 12.8. The molecule has 0 amide bonds. The minimum absolute atomic E-state index is 0. The van der Waals surface area contributed by atoms with Gasteiger partial charge in [-0.05, 0) is 94.0 Å². The van der Waals surface area contributed by atoms with E-state index in [0.29, 0.717) is 11.2 Å². The van der Waals surface area contributed by atoms with Crippen molar-refractivity contribution in [3.05, 3.63) is 174 Å². The summed E-state index contributed by atoms with van der Waals surface area (Å²) in [6.07, 6.45) is 1.77. The number of imidazole rings is 1. The Morgan fingerprint density at radius 1 is 0.702 bits per heavy atom. The number of fused-ring (bicyclic) bond motifs is 4. The topological polar surface area (TPSA) is 43.9 Å². The van der Waals surface area contributed by atoms with Crippen molar-refractivity contribution in [1.29, 1.82) is 0 Å². The predicted molar refractivity (Wildman–Crippen MR) is 234 cm³/mol. The van der Waals surface area contributed by atoms with Gasteiger partial charge in [0.2, 0.25) is 0 Å². The molecule has 0 bridgehead atoms. The molecule has 0 atom stereocenters. The van der Waals surface area contributed by atoms with Crippen LogP contribution in [0.4, 0.5) is 0 Å². The van der Waals surface area contributed by atoms with Crippen molar-refractivity contribution in [1.82, 2.24) is 14.5 Å². The fraction of sp³-hybridized carbons (Fsp3) is 0.192. The molecule has 0 aliphatic rings. The third-order valence-corrected chi connectivity index (χ3v) is 10.3. The summed E-state index contributed by atoms with van der Waals surface area (Å²) in [5.74, 6) is 0.628. The first-order valence-electron chi connectivity index (χ1n) is 21.2. The maximum absolute atomic E-state index is 7.90. The van der Waals surface area contributed by atoms with Gasteiger partial charge in [-0.1, -0.05) is 119 Å². The van der Waals surface area contributed by atoms with Crippen molar-refractivity contribution in [2.75, 3.05) is 0 Å². The summed E-state index contributed by atoms with van der Waals surface area (Å²) in [6, 6.07) is 50.6. The Morgan fingerprint density at radius 2 is 1.44 bits per heavy atom. The summed E-state index contributed by atoms with van der Waals surface area (Å²) < 4.78 is 40.3. The number of nitrogens with zero attached hydrogens (tertiary/aromatic N) is 3. The van der Waals surface area contributed by atoms with E-state index in [4.69, 9.17) is 14.9 Å². The largest absolute Gasteiger partial charge is 0.501 e. The standard InChI is InChI=1S/C38H33N2O.C14H14N.Ir/c1-23(2)31-21-27(26-12-7-6-8-13-26)22-32(24(3)4)36(31)40-34-17-10-9-16-33(34)39-38(40)30-15-11-14-29-28-19-18-25(5)20-35(28)41-37(29)30;1-11(2)13-8-9-14(15-10-13)12-6-4-3-5-7-12;/h6-14,16-24H,1-5H3;3-6,8-11H,1-2H3;/q2*-1;/i5D3;11D;. The first kappa shape index (κ1) is 34.6. The van der Waals surface area contributed by atoms with Crippen LogP contribution in [0.2, 0.25) is 0 Å². The Kier molecular flexibility index (Phi) is 10.2. The predicted octanol–water partition coefficient (Wildman–Crippen LogP) is 14.3. The quantitative estimate of drug-likeness (QED) is 0.150. The van der Waals surface area contributed by atoms with Crippen molar-refractivity contribution in [2.24, 2.45) is 0 Å². The zero-order valence-corrected chi connectivity index (χ0v) is 35.4. The third-order valence-electron chi connectivity index (χ3n) is 10.3. The summed E-state index contributed by atoms with van der Waals surface area (Å²) in [5, 5.41) is 1.76. The van der Waals surface area contributed by atoms with Gasteiger partial charge < -0.3 is 14.0 Å². The number of hydrogen-bond acceptors (Lipinski definition) is 3. The Morgan fingerprint density at radius 3 is 2.11 bits per heavy atom. The van der Waals surface area contributed by atoms with Crippen molar-refractivity contribution in [3.8, 4) is 39.5 Å². The van der Waals surface area contributed by atoms with Gasteiger partial charge in [0, 0.05) is 42.9 Å². The van der Waals surface area contributed by atoms with Crippen molar-refractivity contribution in [2.45, 2.75) is 66.1 Å². The summed E-state index contributed by atoms with van der Waals surface area (Å²) in [5.41, 5.74) is 12.8. The van der Waals surface area contributed by atoms with Crippen molar-refractivity contribution >= 4 is 33.0 Å². The number of aromatic nitrogens is 3. The summed E-state index contributed by atoms with van der Waals surface area (Å²) in [7, 11) is 0. The molecule has 0 aliphatic carbocycles. The summed E-state index contributed by atoms with van der Waals surface area (Å²) in [6.45, 7) is 10.5. The number of pyridine rings is 1. The van der Waals surface area contributed by atoms with E-state index in [2.05, 4.69) is 97.9 Å². The number of hydrogen-bond donors (Lipinski definition) is 0. The Balaban J connectivity index is 0.000000278. The molecule has 0 N–H and O–H groups in total. The van der Waals surface area contributed by atoms with E-state index in [1.807, 2.05) is 86.6 Å². The van der Waals surface area contributed by atoms with Crippen LogP contribution < -0.4 is 0 Å². The maximum Gasteiger partial charge on any atom is 0.121 e. The molecule has 5 heteroatoms. The van der Waals surface area contributed by atoms with Gasteiger partial charge in [0.1, 0.15) is 5.58 Å². The zero-order valence-electron chi connectivity index (χ0n) is 37.0. The van der Waals surface area contributed by atoms with Crippen LogP contribution in [-0.4, -0.2) is 14.5 Å². The van der Waals surface area contributed by atoms with Crippen LogP contribution in [0.3, 0.4) is 0 Å². The number of aryl methyl sites for hydroxylation is 1. The molecule has 4 nitrogen and oxygen atoms in total. The third kappa shape index (κ3) is 7.88. The molecule has 3 aromatic heterocycles. The SMILES string of the molecule is [2H]C(C)(C)c1ccc(-c2[c-]cccc2)nc1.[2H]C([2H])([2H])c1ccc2c(c1)oc1c(-c3nc4ccccc4n3-c3c(C(C)C)cc(-c4ccccc4)cc3C(C)C)[c-]ccc12.[Ir]. The fourth-order valence-electron chi connectivity index (χ4n) is 7.35. The van der Waals surface area contributed by atoms with E-state index in [-0.39, 0.29) is 37.5 Å². The van der Waals surface area contributed by atoms with Crippen molar-refractivity contribution in [3.63, 3.8) is 0 Å². The minimum atomic E-state index is -2.22. The molecular formula is C52H47IrN3O-2. The summed E-state index contributed by atoms with van der Waals surface area (Å²) in [4.78, 5) is 9.56. The fourth-order valence-corrected chi connectivity index (χ4v) is 7.35. The number of benzene rings is 6. The monoisotopic (exact) mass is 926 g/mol. The molecule has 0 saturated carbocycles. The molecule has 3 heterocycles. The first-order chi connectivity index (χ1) is 28.7. The molecule has 57 heavy (non-hydrogen) atoms. The molecule has 9 aromatic rings. The average Bonchev–Trinajstić information content (AvgIpc) is 3.82. The molecule has 0 saturated heterocycles. The molecule has 1 radical (unpaired) electrons. The van der Waals surface area contributed by atoms with Crippen LogP contribution in [0.15, 0.2) is 144 Å². The molecule has 0 unspecified atom stereocenters. The molecule has 0 spiro atoms. The zero-order chi connectivity index (χ0) is 42.3. The number of furan rings is 1. The second-order valence-electron chi connectivity index (χ2n) is 15.1.